The predicted octanol–water partition coefficient (Wildman–Crippen LogP) is 0.324. The Bertz CT molecular complexity index is 163. The molecule has 3 aliphatic rings. The van der Waals surface area contributed by atoms with Gasteiger partial charge in [-0.1, -0.05) is 0 Å². The van der Waals surface area contributed by atoms with Gasteiger partial charge in [0, 0.05) is 0 Å². The van der Waals surface area contributed by atoms with E-state index in [1.807, 2.05) is 5.76 Å². The Morgan fingerprint density at radius 1 is 0.923 bits per heavy atom. The summed E-state index contributed by atoms with van der Waals surface area (Å²) in [6.07, 6.45) is 1.10. The second-order valence-corrected chi connectivity index (χ2v) is 9.04. The second-order valence-electron chi connectivity index (χ2n) is 3.60. The Balaban J connectivity index is 2.05. The molecular weight excluding hydrogens is 231 g/mol. The molecule has 0 aliphatic carbocycles. The van der Waals surface area contributed by atoms with Crippen molar-refractivity contribution in [3.8, 4) is 0 Å². The van der Waals surface area contributed by atoms with Crippen molar-refractivity contribution in [3.05, 3.63) is 0 Å². The number of nitrogens with zero attached hydrogens (tertiary/aromatic N) is 1. The van der Waals surface area contributed by atoms with Gasteiger partial charge in [0.1, 0.15) is 0 Å². The SMILES string of the molecule is [CH3][Ge]12[O]CCCN(CC[O]1)CC[O]2. The van der Waals surface area contributed by atoms with Crippen LogP contribution < -0.4 is 0 Å². The van der Waals surface area contributed by atoms with E-state index in [1.165, 1.54) is 0 Å². The quantitative estimate of drug-likeness (QED) is 0.578. The molecule has 0 aromatic rings. The third-order valence-electron chi connectivity index (χ3n) is 2.53. The van der Waals surface area contributed by atoms with E-state index in [4.69, 9.17) is 11.3 Å². The average molecular weight is 248 g/mol. The summed E-state index contributed by atoms with van der Waals surface area (Å²) in [6.45, 7) is 5.53. The van der Waals surface area contributed by atoms with Crippen molar-refractivity contribution in [3.63, 3.8) is 0 Å². The van der Waals surface area contributed by atoms with E-state index in [1.54, 1.807) is 0 Å². The fraction of sp³-hybridized carbons (Fsp3) is 1.00. The van der Waals surface area contributed by atoms with Crippen LogP contribution in [-0.2, 0) is 11.3 Å². The fourth-order valence-corrected chi connectivity index (χ4v) is 5.27. The van der Waals surface area contributed by atoms with Crippen molar-refractivity contribution < 1.29 is 11.3 Å². The Hall–Kier alpha value is 0.383. The summed E-state index contributed by atoms with van der Waals surface area (Å²) in [5, 5.41) is 0. The summed E-state index contributed by atoms with van der Waals surface area (Å²) in [6, 6.07) is 0. The molecule has 0 spiro atoms. The normalized spacial score (nSPS) is 41.8. The summed E-state index contributed by atoms with van der Waals surface area (Å²) < 4.78 is 17.2. The monoisotopic (exact) mass is 249 g/mol. The van der Waals surface area contributed by atoms with Crippen LogP contribution in [0.15, 0.2) is 0 Å². The molecule has 3 heterocycles. The van der Waals surface area contributed by atoms with Crippen molar-refractivity contribution in [1.82, 2.24) is 4.90 Å². The summed E-state index contributed by atoms with van der Waals surface area (Å²) in [7, 11) is 0. The Kier molecular flexibility index (Phi) is 3.26. The molecule has 3 fully saturated rings. The van der Waals surface area contributed by atoms with Crippen LogP contribution in [0.4, 0.5) is 0 Å². The van der Waals surface area contributed by atoms with E-state index in [2.05, 4.69) is 4.90 Å². The zero-order valence-electron chi connectivity index (χ0n) is 8.12. The van der Waals surface area contributed by atoms with Crippen LogP contribution in [0.5, 0.6) is 0 Å². The van der Waals surface area contributed by atoms with Crippen LogP contribution >= 0.6 is 0 Å². The molecule has 0 saturated carbocycles. The van der Waals surface area contributed by atoms with Crippen LogP contribution in [0.3, 0.4) is 0 Å². The van der Waals surface area contributed by atoms with Gasteiger partial charge in [0.2, 0.25) is 0 Å². The molecule has 13 heavy (non-hydrogen) atoms. The Morgan fingerprint density at radius 3 is 2.23 bits per heavy atom. The first kappa shape index (κ1) is 9.92. The van der Waals surface area contributed by atoms with Gasteiger partial charge in [-0.2, -0.15) is 0 Å². The van der Waals surface area contributed by atoms with Crippen LogP contribution in [0.1, 0.15) is 6.42 Å². The number of hydrogen-bond donors (Lipinski definition) is 0. The van der Waals surface area contributed by atoms with E-state index < -0.39 is 14.3 Å². The van der Waals surface area contributed by atoms with Gasteiger partial charge in [0.25, 0.3) is 0 Å². The van der Waals surface area contributed by atoms with Crippen LogP contribution in [0.2, 0.25) is 5.76 Å². The van der Waals surface area contributed by atoms with Gasteiger partial charge in [-0.05, 0) is 0 Å². The van der Waals surface area contributed by atoms with Gasteiger partial charge in [0.15, 0.2) is 0 Å². The van der Waals surface area contributed by atoms with Gasteiger partial charge >= 0.3 is 82.1 Å². The molecule has 0 aromatic carbocycles. The molecule has 76 valence electrons. The summed E-state index contributed by atoms with van der Waals surface area (Å²) >= 11 is -2.75. The third kappa shape index (κ3) is 2.66. The van der Waals surface area contributed by atoms with E-state index in [0.717, 1.165) is 45.9 Å². The Labute approximate surface area is 82.5 Å². The molecule has 0 radical (unpaired) electrons. The summed E-state index contributed by atoms with van der Waals surface area (Å²) in [5.74, 6) is 2.04. The molecule has 3 rings (SSSR count). The van der Waals surface area contributed by atoms with Crippen LogP contribution in [0.25, 0.3) is 0 Å². The Morgan fingerprint density at radius 2 is 1.54 bits per heavy atom. The first-order valence-electron chi connectivity index (χ1n) is 4.93. The van der Waals surface area contributed by atoms with E-state index in [0.29, 0.717) is 0 Å². The molecule has 0 aromatic heterocycles. The average Bonchev–Trinajstić information content (AvgIpc) is 2.20. The molecular formula is C8H17GeNO3. The van der Waals surface area contributed by atoms with Gasteiger partial charge in [-0.25, -0.2) is 0 Å². The first-order chi connectivity index (χ1) is 6.29. The molecule has 2 bridgehead atoms. The van der Waals surface area contributed by atoms with Gasteiger partial charge in [-0.3, -0.25) is 0 Å². The van der Waals surface area contributed by atoms with Crippen LogP contribution in [0, 0.1) is 0 Å². The van der Waals surface area contributed by atoms with Gasteiger partial charge in [-0.15, -0.1) is 0 Å². The zero-order valence-corrected chi connectivity index (χ0v) is 10.2. The maximum atomic E-state index is 5.73. The van der Waals surface area contributed by atoms with Gasteiger partial charge in [0.05, 0.1) is 0 Å². The molecule has 4 nitrogen and oxygen atoms in total. The maximum absolute atomic E-state index is 5.73. The number of rotatable bonds is 0. The third-order valence-corrected chi connectivity index (χ3v) is 7.11. The number of hydrogen-bond acceptors (Lipinski definition) is 4. The van der Waals surface area contributed by atoms with E-state index in [9.17, 15) is 0 Å². The van der Waals surface area contributed by atoms with Crippen molar-refractivity contribution in [2.24, 2.45) is 0 Å². The van der Waals surface area contributed by atoms with E-state index >= 15 is 0 Å². The molecule has 0 N–H and O–H groups in total. The van der Waals surface area contributed by atoms with Crippen molar-refractivity contribution >= 4 is 14.3 Å². The predicted molar refractivity (Wildman–Crippen MR) is 50.5 cm³/mol. The molecule has 0 amide bonds. The summed E-state index contributed by atoms with van der Waals surface area (Å²) in [4.78, 5) is 2.39. The minimum absolute atomic E-state index is 0.774. The van der Waals surface area contributed by atoms with Crippen molar-refractivity contribution in [2.75, 3.05) is 39.5 Å². The zero-order chi connectivity index (χ0) is 9.15. The molecule has 0 atom stereocenters. The fourth-order valence-electron chi connectivity index (χ4n) is 1.73. The molecule has 5 heteroatoms. The van der Waals surface area contributed by atoms with E-state index in [-0.39, 0.29) is 0 Å². The summed E-state index contributed by atoms with van der Waals surface area (Å²) in [5.41, 5.74) is 0. The molecule has 3 saturated heterocycles. The van der Waals surface area contributed by atoms with Crippen molar-refractivity contribution in [1.29, 1.82) is 0 Å². The topological polar surface area (TPSA) is 30.9 Å². The van der Waals surface area contributed by atoms with Gasteiger partial charge < -0.3 is 0 Å². The number of fused-ring (bicyclic) bond motifs is 7. The second kappa shape index (κ2) is 4.27. The van der Waals surface area contributed by atoms with Crippen LogP contribution in [-0.4, -0.2) is 58.6 Å². The molecule has 0 unspecified atom stereocenters. The minimum atomic E-state index is -2.75. The standard InChI is InChI=1S/C8H17GeNO3/c1-9-11-6-2-3-10(4-7-12-9)5-8-13-9/h2-8H2,1H3. The first-order valence-corrected chi connectivity index (χ1v) is 9.59. The molecule has 3 aliphatic heterocycles. The van der Waals surface area contributed by atoms with Crippen molar-refractivity contribution in [2.45, 2.75) is 12.2 Å².